The van der Waals surface area contributed by atoms with Crippen LogP contribution in [0.1, 0.15) is 32.1 Å². The van der Waals surface area contributed by atoms with Gasteiger partial charge < -0.3 is 4.48 Å². The van der Waals surface area contributed by atoms with Gasteiger partial charge in [-0.25, -0.2) is 0 Å². The van der Waals surface area contributed by atoms with Crippen LogP contribution in [0.15, 0.2) is 0 Å². The lowest BCUT2D eigenvalue weighted by Gasteiger charge is -2.20. The predicted molar refractivity (Wildman–Crippen MR) is 49.8 cm³/mol. The van der Waals surface area contributed by atoms with Crippen LogP contribution in [0.5, 0.6) is 0 Å². The smallest absolute Gasteiger partial charge is 0.129 e. The average molecular weight is 166 g/mol. The number of hydrogen-bond donors (Lipinski definition) is 0. The first-order valence-corrected chi connectivity index (χ1v) is 5.73. The molecule has 2 saturated heterocycles. The summed E-state index contributed by atoms with van der Waals surface area (Å²) in [5.74, 6) is 2.28. The van der Waals surface area contributed by atoms with E-state index < -0.39 is 0 Å². The molecule has 3 aliphatic rings. The van der Waals surface area contributed by atoms with Crippen molar-refractivity contribution in [1.29, 1.82) is 0 Å². The van der Waals surface area contributed by atoms with Crippen molar-refractivity contribution in [3.63, 3.8) is 0 Å². The molecule has 0 aromatic rings. The van der Waals surface area contributed by atoms with E-state index in [2.05, 4.69) is 0 Å². The topological polar surface area (TPSA) is 0 Å². The Bertz CT molecular complexity index is 183. The molecule has 2 heterocycles. The Morgan fingerprint density at radius 1 is 0.750 bits per heavy atom. The Labute approximate surface area is 75.3 Å². The minimum atomic E-state index is 1.13. The molecule has 1 aliphatic carbocycles. The van der Waals surface area contributed by atoms with E-state index in [1.165, 1.54) is 37.0 Å². The van der Waals surface area contributed by atoms with Gasteiger partial charge in [0.1, 0.15) is 13.1 Å². The van der Waals surface area contributed by atoms with Crippen LogP contribution >= 0.6 is 0 Å². The second-order valence-corrected chi connectivity index (χ2v) is 5.29. The molecule has 1 saturated carbocycles. The molecule has 3 rings (SSSR count). The summed E-state index contributed by atoms with van der Waals surface area (Å²) in [6.07, 6.45) is 7.75. The number of rotatable bonds is 0. The Kier molecular flexibility index (Phi) is 1.52. The normalized spacial score (nSPS) is 44.0. The zero-order valence-electron chi connectivity index (χ0n) is 7.97. The van der Waals surface area contributed by atoms with Crippen LogP contribution in [0.3, 0.4) is 0 Å². The van der Waals surface area contributed by atoms with Gasteiger partial charge in [-0.1, -0.05) is 6.42 Å². The van der Waals surface area contributed by atoms with E-state index in [-0.39, 0.29) is 0 Å². The minimum absolute atomic E-state index is 1.13. The highest BCUT2D eigenvalue weighted by Crippen LogP contribution is 2.41. The molecular formula is C11H20N+. The van der Waals surface area contributed by atoms with Crippen LogP contribution in [0.25, 0.3) is 0 Å². The highest BCUT2D eigenvalue weighted by molar-refractivity contribution is 4.81. The molecule has 0 amide bonds. The number of nitrogens with zero attached hydrogens (tertiary/aromatic N) is 1. The lowest BCUT2D eigenvalue weighted by Crippen LogP contribution is -2.31. The van der Waals surface area contributed by atoms with Crippen molar-refractivity contribution in [2.24, 2.45) is 11.8 Å². The predicted octanol–water partition coefficient (Wildman–Crippen LogP) is 2.03. The standard InChI is InChI=1S/C11H20N/c1-3-10-5-2-6-12(7-8-12)9-11(10)4-1/h10-11H,1-9H2/q+1. The van der Waals surface area contributed by atoms with Crippen molar-refractivity contribution in [3.8, 4) is 0 Å². The van der Waals surface area contributed by atoms with Gasteiger partial charge in [0, 0.05) is 5.92 Å². The molecule has 0 aromatic heterocycles. The minimum Gasteiger partial charge on any atom is -0.314 e. The third-order valence-electron chi connectivity index (χ3n) is 4.50. The molecule has 3 fully saturated rings. The van der Waals surface area contributed by atoms with Crippen LogP contribution in [0.4, 0.5) is 0 Å². The summed E-state index contributed by atoms with van der Waals surface area (Å²) in [5.41, 5.74) is 0. The Morgan fingerprint density at radius 2 is 1.50 bits per heavy atom. The Balaban J connectivity index is 1.76. The van der Waals surface area contributed by atoms with Gasteiger partial charge in [0.15, 0.2) is 0 Å². The zero-order chi connectivity index (χ0) is 8.02. The quantitative estimate of drug-likeness (QED) is 0.381. The Morgan fingerprint density at radius 3 is 2.33 bits per heavy atom. The van der Waals surface area contributed by atoms with Gasteiger partial charge in [-0.2, -0.15) is 0 Å². The molecule has 1 nitrogen and oxygen atoms in total. The largest absolute Gasteiger partial charge is 0.314 e. The van der Waals surface area contributed by atoms with Gasteiger partial charge >= 0.3 is 0 Å². The first-order chi connectivity index (χ1) is 5.88. The first-order valence-electron chi connectivity index (χ1n) is 5.73. The van der Waals surface area contributed by atoms with E-state index in [9.17, 15) is 0 Å². The summed E-state index contributed by atoms with van der Waals surface area (Å²) in [4.78, 5) is 0. The Hall–Kier alpha value is -0.0400. The van der Waals surface area contributed by atoms with E-state index in [1.807, 2.05) is 0 Å². The molecular weight excluding hydrogens is 146 g/mol. The maximum atomic E-state index is 1.56. The van der Waals surface area contributed by atoms with Gasteiger partial charge in [0.05, 0.1) is 13.1 Å². The summed E-state index contributed by atoms with van der Waals surface area (Å²) in [5, 5.41) is 0. The monoisotopic (exact) mass is 166 g/mol. The molecule has 12 heavy (non-hydrogen) atoms. The van der Waals surface area contributed by atoms with Gasteiger partial charge in [-0.3, -0.25) is 0 Å². The van der Waals surface area contributed by atoms with Crippen LogP contribution < -0.4 is 0 Å². The molecule has 68 valence electrons. The molecule has 0 bridgehead atoms. The molecule has 2 unspecified atom stereocenters. The van der Waals surface area contributed by atoms with Crippen molar-refractivity contribution < 1.29 is 4.48 Å². The average Bonchev–Trinajstić information content (AvgIpc) is 2.74. The van der Waals surface area contributed by atoms with Gasteiger partial charge in [0.2, 0.25) is 0 Å². The van der Waals surface area contributed by atoms with E-state index in [1.54, 1.807) is 25.8 Å². The van der Waals surface area contributed by atoms with Gasteiger partial charge in [-0.05, 0) is 31.6 Å². The summed E-state index contributed by atoms with van der Waals surface area (Å²) >= 11 is 0. The van der Waals surface area contributed by atoms with Crippen LogP contribution in [0.2, 0.25) is 0 Å². The second kappa shape index (κ2) is 2.47. The highest BCUT2D eigenvalue weighted by atomic mass is 15.5. The third kappa shape index (κ3) is 1.10. The zero-order valence-corrected chi connectivity index (χ0v) is 7.97. The molecule has 0 N–H and O–H groups in total. The lowest BCUT2D eigenvalue weighted by molar-refractivity contribution is -0.802. The van der Waals surface area contributed by atoms with Crippen molar-refractivity contribution in [1.82, 2.24) is 0 Å². The fourth-order valence-corrected chi connectivity index (χ4v) is 3.56. The van der Waals surface area contributed by atoms with Crippen molar-refractivity contribution in [3.05, 3.63) is 0 Å². The lowest BCUT2D eigenvalue weighted by atomic mass is 9.93. The fraction of sp³-hybridized carbons (Fsp3) is 1.00. The maximum absolute atomic E-state index is 1.56. The van der Waals surface area contributed by atoms with E-state index in [4.69, 9.17) is 0 Å². The SMILES string of the molecule is C1CC2CCC[N+]3(CC3)CC2C1. The van der Waals surface area contributed by atoms with Crippen LogP contribution in [0, 0.1) is 11.8 Å². The van der Waals surface area contributed by atoms with Crippen molar-refractivity contribution in [2.45, 2.75) is 32.1 Å². The number of quaternary nitrogens is 1. The van der Waals surface area contributed by atoms with Crippen molar-refractivity contribution in [2.75, 3.05) is 26.2 Å². The van der Waals surface area contributed by atoms with Crippen LogP contribution in [-0.2, 0) is 0 Å². The molecule has 1 heteroatoms. The number of fused-ring (bicyclic) bond motifs is 1. The molecule has 0 aromatic carbocycles. The van der Waals surface area contributed by atoms with Crippen molar-refractivity contribution >= 4 is 0 Å². The molecule has 2 atom stereocenters. The molecule has 0 radical (unpaired) electrons. The molecule has 2 aliphatic heterocycles. The van der Waals surface area contributed by atoms with E-state index >= 15 is 0 Å². The fourth-order valence-electron chi connectivity index (χ4n) is 3.56. The summed E-state index contributed by atoms with van der Waals surface area (Å²) in [6.45, 7) is 6.12. The second-order valence-electron chi connectivity index (χ2n) is 5.29. The van der Waals surface area contributed by atoms with E-state index in [0.29, 0.717) is 0 Å². The summed E-state index contributed by atoms with van der Waals surface area (Å²) in [6, 6.07) is 0. The van der Waals surface area contributed by atoms with Gasteiger partial charge in [-0.15, -0.1) is 0 Å². The highest BCUT2D eigenvalue weighted by Gasteiger charge is 2.47. The summed E-state index contributed by atoms with van der Waals surface area (Å²) < 4.78 is 1.53. The summed E-state index contributed by atoms with van der Waals surface area (Å²) in [7, 11) is 0. The number of hydrogen-bond acceptors (Lipinski definition) is 0. The van der Waals surface area contributed by atoms with E-state index in [0.717, 1.165) is 11.8 Å². The first kappa shape index (κ1) is 7.37. The van der Waals surface area contributed by atoms with Gasteiger partial charge in [0.25, 0.3) is 0 Å². The third-order valence-corrected chi connectivity index (χ3v) is 4.50. The molecule has 1 spiro atoms. The van der Waals surface area contributed by atoms with Crippen LogP contribution in [-0.4, -0.2) is 30.7 Å². The maximum Gasteiger partial charge on any atom is 0.129 e.